The van der Waals surface area contributed by atoms with Gasteiger partial charge in [-0.1, -0.05) is 23.8 Å². The minimum Gasteiger partial charge on any atom is -0.492 e. The molecule has 0 spiro atoms. The second-order valence-corrected chi connectivity index (χ2v) is 7.08. The predicted octanol–water partition coefficient (Wildman–Crippen LogP) is 4.01. The molecule has 5 heteroatoms. The van der Waals surface area contributed by atoms with Gasteiger partial charge in [-0.3, -0.25) is 9.78 Å². The zero-order valence-electron chi connectivity index (χ0n) is 17.0. The number of nitrogens with zero attached hydrogens (tertiary/aromatic N) is 3. The molecule has 0 saturated heterocycles. The number of pyridine rings is 1. The number of hydrogen-bond donors (Lipinski definition) is 0. The Morgan fingerprint density at radius 2 is 1.86 bits per heavy atom. The largest absolute Gasteiger partial charge is 0.492 e. The molecule has 0 N–H and O–H groups in total. The number of likely N-dealkylation sites (N-methyl/N-ethyl adjacent to an activating group) is 1. The van der Waals surface area contributed by atoms with E-state index < -0.39 is 0 Å². The summed E-state index contributed by atoms with van der Waals surface area (Å²) in [6.07, 6.45) is 1.79. The fourth-order valence-electron chi connectivity index (χ4n) is 3.16. The van der Waals surface area contributed by atoms with Crippen LogP contribution in [0.4, 0.5) is 0 Å². The lowest BCUT2D eigenvalue weighted by atomic mass is 10.2. The van der Waals surface area contributed by atoms with Gasteiger partial charge in [0.1, 0.15) is 12.4 Å². The predicted molar refractivity (Wildman–Crippen MR) is 111 cm³/mol. The number of carbonyl (C=O) groups is 1. The molecule has 5 nitrogen and oxygen atoms in total. The van der Waals surface area contributed by atoms with E-state index in [0.717, 1.165) is 28.4 Å². The van der Waals surface area contributed by atoms with Crippen LogP contribution < -0.4 is 4.74 Å². The zero-order valence-corrected chi connectivity index (χ0v) is 17.0. The van der Waals surface area contributed by atoms with Gasteiger partial charge < -0.3 is 14.2 Å². The van der Waals surface area contributed by atoms with E-state index in [9.17, 15) is 4.79 Å². The van der Waals surface area contributed by atoms with Crippen LogP contribution in [0.2, 0.25) is 0 Å². The monoisotopic (exact) mass is 377 g/mol. The molecule has 0 bridgehead atoms. The molecular formula is C23H27N3O2. The Morgan fingerprint density at radius 1 is 1.11 bits per heavy atom. The fourth-order valence-corrected chi connectivity index (χ4v) is 3.16. The summed E-state index contributed by atoms with van der Waals surface area (Å²) >= 11 is 0. The lowest BCUT2D eigenvalue weighted by Crippen LogP contribution is -2.31. The molecule has 0 fully saturated rings. The van der Waals surface area contributed by atoms with Gasteiger partial charge in [-0.2, -0.15) is 0 Å². The maximum Gasteiger partial charge on any atom is 0.255 e. The molecule has 0 radical (unpaired) electrons. The van der Waals surface area contributed by atoms with Crippen molar-refractivity contribution in [2.45, 2.75) is 27.3 Å². The Kier molecular flexibility index (Phi) is 6.14. The van der Waals surface area contributed by atoms with Gasteiger partial charge in [-0.05, 0) is 51.1 Å². The summed E-state index contributed by atoms with van der Waals surface area (Å²) in [6, 6.07) is 15.8. The Morgan fingerprint density at radius 3 is 2.54 bits per heavy atom. The van der Waals surface area contributed by atoms with Crippen molar-refractivity contribution in [3.8, 4) is 5.75 Å². The average molecular weight is 377 g/mol. The number of ether oxygens (including phenoxy) is 1. The zero-order chi connectivity index (χ0) is 20.1. The average Bonchev–Trinajstić information content (AvgIpc) is 2.98. The molecule has 0 aliphatic carbocycles. The van der Waals surface area contributed by atoms with E-state index >= 15 is 0 Å². The van der Waals surface area contributed by atoms with Crippen molar-refractivity contribution >= 4 is 5.91 Å². The summed E-state index contributed by atoms with van der Waals surface area (Å²) in [6.45, 7) is 7.69. The van der Waals surface area contributed by atoms with Gasteiger partial charge in [-0.15, -0.1) is 0 Å². The quantitative estimate of drug-likeness (QED) is 0.625. The van der Waals surface area contributed by atoms with Crippen molar-refractivity contribution in [3.05, 3.63) is 82.9 Å². The number of hydrogen-bond acceptors (Lipinski definition) is 3. The van der Waals surface area contributed by atoms with Crippen molar-refractivity contribution in [2.24, 2.45) is 0 Å². The van der Waals surface area contributed by atoms with Crippen LogP contribution in [0, 0.1) is 20.8 Å². The van der Waals surface area contributed by atoms with Crippen LogP contribution in [0.15, 0.2) is 54.7 Å². The first-order chi connectivity index (χ1) is 13.5. The lowest BCUT2D eigenvalue weighted by Gasteiger charge is -2.18. The van der Waals surface area contributed by atoms with Crippen LogP contribution in [0.3, 0.4) is 0 Å². The van der Waals surface area contributed by atoms with Crippen LogP contribution in [-0.2, 0) is 6.54 Å². The highest BCUT2D eigenvalue weighted by molar-refractivity contribution is 5.95. The highest BCUT2D eigenvalue weighted by atomic mass is 16.5. The third-order valence-electron chi connectivity index (χ3n) is 4.91. The highest BCUT2D eigenvalue weighted by Gasteiger charge is 2.19. The molecule has 146 valence electrons. The van der Waals surface area contributed by atoms with Crippen LogP contribution in [0.1, 0.15) is 33.0 Å². The van der Waals surface area contributed by atoms with Gasteiger partial charge in [0.15, 0.2) is 0 Å². The van der Waals surface area contributed by atoms with Crippen LogP contribution in [0.5, 0.6) is 5.75 Å². The van der Waals surface area contributed by atoms with Crippen molar-refractivity contribution in [3.63, 3.8) is 0 Å². The molecule has 3 rings (SSSR count). The van der Waals surface area contributed by atoms with E-state index in [1.165, 1.54) is 5.56 Å². The first kappa shape index (κ1) is 19.7. The van der Waals surface area contributed by atoms with E-state index in [1.807, 2.05) is 76.3 Å². The van der Waals surface area contributed by atoms with Gasteiger partial charge in [0, 0.05) is 24.6 Å². The molecule has 1 aromatic carbocycles. The Labute approximate surface area is 166 Å². The van der Waals surface area contributed by atoms with E-state index in [4.69, 9.17) is 4.74 Å². The molecule has 1 amide bonds. The number of amides is 1. The van der Waals surface area contributed by atoms with Crippen molar-refractivity contribution in [2.75, 3.05) is 20.2 Å². The summed E-state index contributed by atoms with van der Waals surface area (Å²) in [5.41, 5.74) is 4.91. The van der Waals surface area contributed by atoms with Gasteiger partial charge in [0.25, 0.3) is 5.91 Å². The summed E-state index contributed by atoms with van der Waals surface area (Å²) in [7, 11) is 1.81. The molecular weight excluding hydrogens is 350 g/mol. The topological polar surface area (TPSA) is 47.4 Å². The minimum atomic E-state index is 0.00729. The first-order valence-corrected chi connectivity index (χ1v) is 9.47. The summed E-state index contributed by atoms with van der Waals surface area (Å²) in [5, 5.41) is 0. The molecule has 0 atom stereocenters. The third kappa shape index (κ3) is 4.60. The third-order valence-corrected chi connectivity index (χ3v) is 4.91. The normalized spacial score (nSPS) is 10.7. The van der Waals surface area contributed by atoms with Crippen molar-refractivity contribution < 1.29 is 9.53 Å². The number of benzene rings is 1. The van der Waals surface area contributed by atoms with Gasteiger partial charge in [-0.25, -0.2) is 0 Å². The molecule has 0 unspecified atom stereocenters. The Bertz CT molecular complexity index is 930. The summed E-state index contributed by atoms with van der Waals surface area (Å²) < 4.78 is 7.88. The van der Waals surface area contributed by atoms with Crippen LogP contribution in [0.25, 0.3) is 0 Å². The first-order valence-electron chi connectivity index (χ1n) is 9.47. The van der Waals surface area contributed by atoms with E-state index in [0.29, 0.717) is 19.7 Å². The SMILES string of the molecule is Cc1ccc(OCCN(C)C(=O)c2cc(C)n(Cc3ccccn3)c2C)cc1. The molecule has 0 aliphatic rings. The number of rotatable bonds is 7. The summed E-state index contributed by atoms with van der Waals surface area (Å²) in [4.78, 5) is 19.0. The van der Waals surface area contributed by atoms with Crippen molar-refractivity contribution in [1.29, 1.82) is 0 Å². The second-order valence-electron chi connectivity index (χ2n) is 7.08. The molecule has 2 aromatic heterocycles. The Balaban J connectivity index is 1.63. The molecule has 2 heterocycles. The van der Waals surface area contributed by atoms with E-state index in [1.54, 1.807) is 11.1 Å². The number of carbonyl (C=O) groups excluding carboxylic acids is 1. The van der Waals surface area contributed by atoms with Gasteiger partial charge in [0.2, 0.25) is 0 Å². The standard InChI is InChI=1S/C23H27N3O2/c1-17-8-10-21(11-9-17)28-14-13-25(4)23(27)22-15-18(2)26(19(22)3)16-20-7-5-6-12-24-20/h5-12,15H,13-14,16H2,1-4H3. The number of aryl methyl sites for hydroxylation is 2. The molecule has 3 aromatic rings. The van der Waals surface area contributed by atoms with Gasteiger partial charge >= 0.3 is 0 Å². The lowest BCUT2D eigenvalue weighted by molar-refractivity contribution is 0.0773. The molecule has 28 heavy (non-hydrogen) atoms. The van der Waals surface area contributed by atoms with Gasteiger partial charge in [0.05, 0.1) is 24.3 Å². The maximum absolute atomic E-state index is 12.9. The highest BCUT2D eigenvalue weighted by Crippen LogP contribution is 2.18. The smallest absolute Gasteiger partial charge is 0.255 e. The minimum absolute atomic E-state index is 0.00729. The molecule has 0 aliphatic heterocycles. The molecule has 0 saturated carbocycles. The van der Waals surface area contributed by atoms with E-state index in [-0.39, 0.29) is 5.91 Å². The van der Waals surface area contributed by atoms with E-state index in [2.05, 4.69) is 9.55 Å². The number of aromatic nitrogens is 2. The second kappa shape index (κ2) is 8.74. The van der Waals surface area contributed by atoms with Crippen molar-refractivity contribution in [1.82, 2.24) is 14.5 Å². The Hall–Kier alpha value is -3.08. The maximum atomic E-state index is 12.9. The summed E-state index contributed by atoms with van der Waals surface area (Å²) in [5.74, 6) is 0.827. The van der Waals surface area contributed by atoms with Crippen LogP contribution >= 0.6 is 0 Å². The fraction of sp³-hybridized carbons (Fsp3) is 0.304. The van der Waals surface area contributed by atoms with Crippen LogP contribution in [-0.4, -0.2) is 40.6 Å².